The van der Waals surface area contributed by atoms with Crippen LogP contribution in [0.15, 0.2) is 24.3 Å². The van der Waals surface area contributed by atoms with E-state index in [1.54, 1.807) is 24.3 Å². The lowest BCUT2D eigenvalue weighted by atomic mass is 9.94. The van der Waals surface area contributed by atoms with Gasteiger partial charge in [0.2, 0.25) is 12.7 Å². The molecule has 0 bridgehead atoms. The highest BCUT2D eigenvalue weighted by atomic mass is 32.1. The Labute approximate surface area is 183 Å². The van der Waals surface area contributed by atoms with Crippen LogP contribution in [-0.2, 0) is 10.2 Å². The molecule has 3 heterocycles. The molecule has 1 saturated heterocycles. The van der Waals surface area contributed by atoms with Crippen molar-refractivity contribution in [2.24, 2.45) is 0 Å². The number of hydrogen-bond donors (Lipinski definition) is 3. The van der Waals surface area contributed by atoms with Crippen molar-refractivity contribution in [2.75, 3.05) is 37.1 Å². The van der Waals surface area contributed by atoms with Crippen LogP contribution in [0.25, 0.3) is 0 Å². The summed E-state index contributed by atoms with van der Waals surface area (Å²) in [7, 11) is 0. The van der Waals surface area contributed by atoms with E-state index in [1.165, 1.54) is 16.2 Å². The predicted octanol–water partition coefficient (Wildman–Crippen LogP) is 2.99. The molecule has 0 unspecified atom stereocenters. The number of hydrogen-bond acceptors (Lipinski definition) is 6. The number of anilines is 2. The normalized spacial score (nSPS) is 15.5. The van der Waals surface area contributed by atoms with Gasteiger partial charge >= 0.3 is 6.03 Å². The third-order valence-electron chi connectivity index (χ3n) is 4.88. The van der Waals surface area contributed by atoms with Crippen LogP contribution in [0.2, 0.25) is 0 Å². The van der Waals surface area contributed by atoms with Crippen LogP contribution in [0.1, 0.15) is 36.0 Å². The largest absolute Gasteiger partial charge is 0.454 e. The average Bonchev–Trinajstić information content (AvgIpc) is 3.33. The molecule has 2 aromatic rings. The van der Waals surface area contributed by atoms with E-state index in [2.05, 4.69) is 16.0 Å². The van der Waals surface area contributed by atoms with Crippen LogP contribution < -0.4 is 25.4 Å². The second-order valence-corrected chi connectivity index (χ2v) is 9.38. The molecule has 0 spiro atoms. The third-order valence-corrected chi connectivity index (χ3v) is 6.36. The van der Waals surface area contributed by atoms with Crippen molar-refractivity contribution >= 4 is 39.9 Å². The number of carbonyl (C=O) groups is 3. The van der Waals surface area contributed by atoms with Crippen LogP contribution in [0.5, 0.6) is 11.5 Å². The van der Waals surface area contributed by atoms with Crippen LogP contribution in [0, 0.1) is 0 Å². The van der Waals surface area contributed by atoms with Gasteiger partial charge in [-0.15, -0.1) is 11.3 Å². The van der Waals surface area contributed by atoms with E-state index in [9.17, 15) is 14.4 Å². The number of ether oxygens (including phenoxy) is 2. The molecule has 2 aliphatic heterocycles. The standard InChI is InChI=1S/C21H24N4O5S/c1-21(2,3)16-9-13(19(27)25-7-6-22-17(26)10-25)18(31-16)24-20(28)23-12-4-5-14-15(8-12)30-11-29-14/h4-5,8-9H,6-7,10-11H2,1-3H3,(H,22,26)(H2,23,24,28). The minimum Gasteiger partial charge on any atom is -0.454 e. The summed E-state index contributed by atoms with van der Waals surface area (Å²) < 4.78 is 10.6. The van der Waals surface area contributed by atoms with Gasteiger partial charge in [-0.1, -0.05) is 20.8 Å². The highest BCUT2D eigenvalue weighted by Gasteiger charge is 2.29. The number of amides is 4. The molecular formula is C21H24N4O5S. The van der Waals surface area contributed by atoms with Gasteiger partial charge in [-0.2, -0.15) is 0 Å². The lowest BCUT2D eigenvalue weighted by molar-refractivity contribution is -0.123. The number of thiophene rings is 1. The van der Waals surface area contributed by atoms with E-state index in [1.807, 2.05) is 20.8 Å². The quantitative estimate of drug-likeness (QED) is 0.674. The Bertz CT molecular complexity index is 1040. The van der Waals surface area contributed by atoms with Crippen molar-refractivity contribution in [3.05, 3.63) is 34.7 Å². The van der Waals surface area contributed by atoms with Crippen molar-refractivity contribution in [1.29, 1.82) is 0 Å². The summed E-state index contributed by atoms with van der Waals surface area (Å²) in [5.74, 6) is 0.710. The summed E-state index contributed by atoms with van der Waals surface area (Å²) in [6.45, 7) is 7.11. The second kappa shape index (κ2) is 8.10. The van der Waals surface area contributed by atoms with Gasteiger partial charge in [0.15, 0.2) is 11.5 Å². The lowest BCUT2D eigenvalue weighted by Crippen LogP contribution is -2.50. The number of piperazine rings is 1. The Balaban J connectivity index is 1.54. The first kappa shape index (κ1) is 21.0. The Hall–Kier alpha value is -3.27. The highest BCUT2D eigenvalue weighted by molar-refractivity contribution is 7.16. The van der Waals surface area contributed by atoms with Gasteiger partial charge in [-0.05, 0) is 23.6 Å². The van der Waals surface area contributed by atoms with Crippen molar-refractivity contribution in [3.8, 4) is 11.5 Å². The predicted molar refractivity (Wildman–Crippen MR) is 117 cm³/mol. The van der Waals surface area contributed by atoms with Crippen LogP contribution in [0.3, 0.4) is 0 Å². The maximum absolute atomic E-state index is 13.1. The zero-order valence-electron chi connectivity index (χ0n) is 17.5. The molecule has 0 aliphatic carbocycles. The number of carbonyl (C=O) groups excluding carboxylic acids is 3. The molecule has 0 saturated carbocycles. The van der Waals surface area contributed by atoms with E-state index < -0.39 is 6.03 Å². The molecule has 164 valence electrons. The molecule has 0 atom stereocenters. The Morgan fingerprint density at radius 2 is 1.90 bits per heavy atom. The second-order valence-electron chi connectivity index (χ2n) is 8.33. The smallest absolute Gasteiger partial charge is 0.324 e. The third kappa shape index (κ3) is 4.58. The van der Waals surface area contributed by atoms with E-state index in [0.717, 1.165) is 4.88 Å². The Morgan fingerprint density at radius 3 is 2.65 bits per heavy atom. The fourth-order valence-electron chi connectivity index (χ4n) is 3.23. The Morgan fingerprint density at radius 1 is 1.13 bits per heavy atom. The molecule has 4 amide bonds. The van der Waals surface area contributed by atoms with Gasteiger partial charge in [-0.3, -0.25) is 14.9 Å². The molecule has 9 nitrogen and oxygen atoms in total. The fraction of sp³-hybridized carbons (Fsp3) is 0.381. The first-order valence-corrected chi connectivity index (χ1v) is 10.7. The zero-order chi connectivity index (χ0) is 22.2. The van der Waals surface area contributed by atoms with Crippen molar-refractivity contribution in [2.45, 2.75) is 26.2 Å². The van der Waals surface area contributed by atoms with E-state index >= 15 is 0 Å². The number of benzene rings is 1. The zero-order valence-corrected chi connectivity index (χ0v) is 18.4. The highest BCUT2D eigenvalue weighted by Crippen LogP contribution is 2.37. The summed E-state index contributed by atoms with van der Waals surface area (Å²) in [6, 6.07) is 6.43. The minimum atomic E-state index is -0.480. The van der Waals surface area contributed by atoms with Crippen LogP contribution in [-0.4, -0.2) is 49.2 Å². The molecule has 10 heteroatoms. The first-order chi connectivity index (χ1) is 14.7. The van der Waals surface area contributed by atoms with Gasteiger partial charge in [0.05, 0.1) is 12.1 Å². The maximum Gasteiger partial charge on any atom is 0.324 e. The van der Waals surface area contributed by atoms with Crippen LogP contribution >= 0.6 is 11.3 Å². The molecule has 0 radical (unpaired) electrons. The lowest BCUT2D eigenvalue weighted by Gasteiger charge is -2.26. The summed E-state index contributed by atoms with van der Waals surface area (Å²) in [5, 5.41) is 8.71. The molecule has 4 rings (SSSR count). The Kier molecular flexibility index (Phi) is 5.48. The van der Waals surface area contributed by atoms with Gasteiger partial charge in [-0.25, -0.2) is 4.79 Å². The molecule has 31 heavy (non-hydrogen) atoms. The molecule has 2 aliphatic rings. The molecule has 1 aromatic carbocycles. The number of urea groups is 1. The number of fused-ring (bicyclic) bond motifs is 1. The van der Waals surface area contributed by atoms with Gasteiger partial charge in [0.1, 0.15) is 5.00 Å². The van der Waals surface area contributed by atoms with Gasteiger partial charge in [0.25, 0.3) is 5.91 Å². The molecular weight excluding hydrogens is 420 g/mol. The first-order valence-electron chi connectivity index (χ1n) is 9.88. The molecule has 1 fully saturated rings. The van der Waals surface area contributed by atoms with Crippen molar-refractivity contribution in [3.63, 3.8) is 0 Å². The van der Waals surface area contributed by atoms with E-state index in [-0.39, 0.29) is 30.6 Å². The maximum atomic E-state index is 13.1. The number of rotatable bonds is 3. The van der Waals surface area contributed by atoms with Crippen molar-refractivity contribution in [1.82, 2.24) is 10.2 Å². The van der Waals surface area contributed by atoms with E-state index in [4.69, 9.17) is 9.47 Å². The van der Waals surface area contributed by atoms with E-state index in [0.29, 0.717) is 40.8 Å². The molecule has 3 N–H and O–H groups in total. The van der Waals surface area contributed by atoms with Crippen molar-refractivity contribution < 1.29 is 23.9 Å². The SMILES string of the molecule is CC(C)(C)c1cc(C(=O)N2CCNC(=O)C2)c(NC(=O)Nc2ccc3c(c2)OCO3)s1. The number of nitrogens with zero attached hydrogens (tertiary/aromatic N) is 1. The average molecular weight is 445 g/mol. The van der Waals surface area contributed by atoms with Gasteiger partial charge in [0, 0.05) is 29.7 Å². The minimum absolute atomic E-state index is 0.00235. The summed E-state index contributed by atoms with van der Waals surface area (Å²) in [6.07, 6.45) is 0. The van der Waals surface area contributed by atoms with Gasteiger partial charge < -0.3 is 25.0 Å². The topological polar surface area (TPSA) is 109 Å². The monoisotopic (exact) mass is 444 g/mol. The summed E-state index contributed by atoms with van der Waals surface area (Å²) in [5.41, 5.74) is 0.715. The fourth-order valence-corrected chi connectivity index (χ4v) is 4.34. The van der Waals surface area contributed by atoms with Crippen LogP contribution in [0.4, 0.5) is 15.5 Å². The molecule has 1 aromatic heterocycles. The summed E-state index contributed by atoms with van der Waals surface area (Å²) >= 11 is 1.35. The summed E-state index contributed by atoms with van der Waals surface area (Å²) in [4.78, 5) is 40.0. The number of nitrogens with one attached hydrogen (secondary N) is 3.